The molecule has 5 nitrogen and oxygen atoms in total. The second-order valence-electron chi connectivity index (χ2n) is 3.29. The third-order valence-corrected chi connectivity index (χ3v) is 3.07. The van der Waals surface area contributed by atoms with Gasteiger partial charge in [-0.2, -0.15) is 4.98 Å². The number of H-pyrrole nitrogens is 1. The van der Waals surface area contributed by atoms with Gasteiger partial charge < -0.3 is 10.6 Å². The summed E-state index contributed by atoms with van der Waals surface area (Å²) in [5, 5.41) is 0. The first-order chi connectivity index (χ1) is 6.68. The number of aromatic nitrogens is 2. The molecule has 0 aliphatic carbocycles. The summed E-state index contributed by atoms with van der Waals surface area (Å²) >= 11 is 3.33. The predicted molar refractivity (Wildman–Crippen MR) is 58.4 cm³/mol. The molecule has 0 aromatic carbocycles. The molecule has 2 rings (SSSR count). The summed E-state index contributed by atoms with van der Waals surface area (Å²) in [6.07, 6.45) is 2.28. The van der Waals surface area contributed by atoms with E-state index in [0.717, 1.165) is 25.9 Å². The quantitative estimate of drug-likeness (QED) is 0.779. The van der Waals surface area contributed by atoms with Crippen LogP contribution < -0.4 is 16.3 Å². The van der Waals surface area contributed by atoms with Crippen LogP contribution in [-0.4, -0.2) is 23.1 Å². The highest BCUT2D eigenvalue weighted by Crippen LogP contribution is 2.28. The van der Waals surface area contributed by atoms with Crippen LogP contribution in [-0.2, 0) is 0 Å². The highest BCUT2D eigenvalue weighted by Gasteiger charge is 2.18. The van der Waals surface area contributed by atoms with Crippen molar-refractivity contribution in [3.63, 3.8) is 0 Å². The smallest absolute Gasteiger partial charge is 0.348 e. The molecule has 0 spiro atoms. The van der Waals surface area contributed by atoms with E-state index in [-0.39, 0.29) is 0 Å². The zero-order valence-corrected chi connectivity index (χ0v) is 9.17. The largest absolute Gasteiger partial charge is 0.384 e. The van der Waals surface area contributed by atoms with Crippen LogP contribution in [0.4, 0.5) is 11.6 Å². The zero-order chi connectivity index (χ0) is 10.1. The Labute approximate surface area is 89.5 Å². The van der Waals surface area contributed by atoms with E-state index in [1.54, 1.807) is 0 Å². The topological polar surface area (TPSA) is 75.0 Å². The van der Waals surface area contributed by atoms with Gasteiger partial charge in [0.1, 0.15) is 10.3 Å². The van der Waals surface area contributed by atoms with Crippen molar-refractivity contribution in [3.8, 4) is 0 Å². The van der Waals surface area contributed by atoms with Gasteiger partial charge in [0.2, 0.25) is 0 Å². The van der Waals surface area contributed by atoms with E-state index in [4.69, 9.17) is 5.73 Å². The number of nitrogens with one attached hydrogen (secondary N) is 1. The standard InChI is InChI=1S/C8H11BrN4O/c9-5-6(10)11-8(14)12-7(5)13-3-1-2-4-13/h1-4H2,(H3,10,11,12,14). The van der Waals surface area contributed by atoms with Crippen LogP contribution >= 0.6 is 15.9 Å². The van der Waals surface area contributed by atoms with Crippen molar-refractivity contribution in [2.45, 2.75) is 12.8 Å². The molecule has 1 aliphatic heterocycles. The lowest BCUT2D eigenvalue weighted by Crippen LogP contribution is -2.24. The van der Waals surface area contributed by atoms with Gasteiger partial charge in [-0.05, 0) is 28.8 Å². The summed E-state index contributed by atoms with van der Waals surface area (Å²) in [5.41, 5.74) is 5.22. The molecule has 3 N–H and O–H groups in total. The Morgan fingerprint density at radius 1 is 1.43 bits per heavy atom. The molecule has 0 bridgehead atoms. The van der Waals surface area contributed by atoms with E-state index in [9.17, 15) is 4.79 Å². The van der Waals surface area contributed by atoms with Gasteiger partial charge in [0, 0.05) is 13.1 Å². The number of halogens is 1. The van der Waals surface area contributed by atoms with Crippen molar-refractivity contribution in [1.29, 1.82) is 0 Å². The van der Waals surface area contributed by atoms with Crippen LogP contribution in [0.15, 0.2) is 9.27 Å². The lowest BCUT2D eigenvalue weighted by molar-refractivity contribution is 0.908. The van der Waals surface area contributed by atoms with Gasteiger partial charge >= 0.3 is 5.69 Å². The van der Waals surface area contributed by atoms with Crippen molar-refractivity contribution in [1.82, 2.24) is 9.97 Å². The molecule has 0 amide bonds. The number of anilines is 2. The fourth-order valence-corrected chi connectivity index (χ4v) is 2.04. The van der Waals surface area contributed by atoms with Crippen LogP contribution in [0.5, 0.6) is 0 Å². The Kier molecular flexibility index (Phi) is 2.45. The van der Waals surface area contributed by atoms with E-state index in [1.807, 2.05) is 0 Å². The SMILES string of the molecule is Nc1[nH]c(=O)nc(N2CCCC2)c1Br. The van der Waals surface area contributed by atoms with Crippen LogP contribution in [0.1, 0.15) is 12.8 Å². The first-order valence-corrected chi connectivity index (χ1v) is 5.28. The average molecular weight is 259 g/mol. The van der Waals surface area contributed by atoms with E-state index < -0.39 is 5.69 Å². The summed E-state index contributed by atoms with van der Waals surface area (Å²) < 4.78 is 0.680. The second-order valence-corrected chi connectivity index (χ2v) is 4.08. The minimum atomic E-state index is -0.396. The minimum Gasteiger partial charge on any atom is -0.384 e. The molecule has 1 saturated heterocycles. The molecule has 14 heavy (non-hydrogen) atoms. The van der Waals surface area contributed by atoms with Gasteiger partial charge in [-0.3, -0.25) is 4.98 Å². The van der Waals surface area contributed by atoms with E-state index in [1.165, 1.54) is 0 Å². The summed E-state index contributed by atoms with van der Waals surface area (Å²) in [7, 11) is 0. The first-order valence-electron chi connectivity index (χ1n) is 4.49. The fourth-order valence-electron chi connectivity index (χ4n) is 1.60. The molecule has 1 aliphatic rings. The lowest BCUT2D eigenvalue weighted by Gasteiger charge is -2.17. The summed E-state index contributed by atoms with van der Waals surface area (Å²) in [4.78, 5) is 19.5. The highest BCUT2D eigenvalue weighted by atomic mass is 79.9. The number of rotatable bonds is 1. The average Bonchev–Trinajstić information content (AvgIpc) is 2.63. The molecule has 2 heterocycles. The third-order valence-electron chi connectivity index (χ3n) is 2.29. The molecule has 76 valence electrons. The molecular weight excluding hydrogens is 248 g/mol. The predicted octanol–water partition coefficient (Wildman–Crippen LogP) is 0.715. The van der Waals surface area contributed by atoms with Gasteiger partial charge in [-0.1, -0.05) is 0 Å². The molecule has 0 saturated carbocycles. The number of aromatic amines is 1. The summed E-state index contributed by atoms with van der Waals surface area (Å²) in [5.74, 6) is 0.996. The molecule has 6 heteroatoms. The Bertz CT molecular complexity index is 397. The van der Waals surface area contributed by atoms with Crippen molar-refractivity contribution >= 4 is 27.6 Å². The summed E-state index contributed by atoms with van der Waals surface area (Å²) in [6, 6.07) is 0. The maximum atomic E-state index is 11.1. The van der Waals surface area contributed by atoms with Crippen molar-refractivity contribution in [2.75, 3.05) is 23.7 Å². The van der Waals surface area contributed by atoms with E-state index in [0.29, 0.717) is 16.1 Å². The molecule has 0 atom stereocenters. The Hall–Kier alpha value is -1.04. The van der Waals surface area contributed by atoms with Crippen molar-refractivity contribution in [2.24, 2.45) is 0 Å². The van der Waals surface area contributed by atoms with Gasteiger partial charge in [0.15, 0.2) is 5.82 Å². The molecule has 1 fully saturated rings. The number of hydrogen-bond acceptors (Lipinski definition) is 4. The molecular formula is C8H11BrN4O. The maximum Gasteiger partial charge on any atom is 0.348 e. The van der Waals surface area contributed by atoms with E-state index in [2.05, 4.69) is 30.8 Å². The van der Waals surface area contributed by atoms with Gasteiger partial charge in [0.25, 0.3) is 0 Å². The highest BCUT2D eigenvalue weighted by molar-refractivity contribution is 9.10. The minimum absolute atomic E-state index is 0.340. The third kappa shape index (κ3) is 1.61. The van der Waals surface area contributed by atoms with Crippen LogP contribution in [0.3, 0.4) is 0 Å². The summed E-state index contributed by atoms with van der Waals surface area (Å²) in [6.45, 7) is 1.88. The van der Waals surface area contributed by atoms with Crippen LogP contribution in [0, 0.1) is 0 Å². The van der Waals surface area contributed by atoms with Gasteiger partial charge in [0.05, 0.1) is 0 Å². The monoisotopic (exact) mass is 258 g/mol. The number of nitrogens with zero attached hydrogens (tertiary/aromatic N) is 2. The number of hydrogen-bond donors (Lipinski definition) is 2. The van der Waals surface area contributed by atoms with Gasteiger partial charge in [-0.15, -0.1) is 0 Å². The van der Waals surface area contributed by atoms with Crippen LogP contribution in [0.25, 0.3) is 0 Å². The number of nitrogens with two attached hydrogens (primary N) is 1. The Morgan fingerprint density at radius 3 is 2.71 bits per heavy atom. The fraction of sp³-hybridized carbons (Fsp3) is 0.500. The Balaban J connectivity index is 2.45. The Morgan fingerprint density at radius 2 is 2.07 bits per heavy atom. The lowest BCUT2D eigenvalue weighted by atomic mass is 10.4. The molecule has 1 aromatic heterocycles. The zero-order valence-electron chi connectivity index (χ0n) is 7.59. The molecule has 0 radical (unpaired) electrons. The first kappa shape index (κ1) is 9.51. The second kappa shape index (κ2) is 3.61. The normalized spacial score (nSPS) is 16.2. The molecule has 1 aromatic rings. The van der Waals surface area contributed by atoms with Gasteiger partial charge in [-0.25, -0.2) is 4.79 Å². The maximum absolute atomic E-state index is 11.1. The van der Waals surface area contributed by atoms with Crippen molar-refractivity contribution < 1.29 is 0 Å². The molecule has 0 unspecified atom stereocenters. The number of nitrogen functional groups attached to an aromatic ring is 1. The van der Waals surface area contributed by atoms with Crippen molar-refractivity contribution in [3.05, 3.63) is 15.0 Å². The van der Waals surface area contributed by atoms with Crippen LogP contribution in [0.2, 0.25) is 0 Å². The van der Waals surface area contributed by atoms with E-state index >= 15 is 0 Å².